The highest BCUT2D eigenvalue weighted by atomic mass is 35.5. The van der Waals surface area contributed by atoms with Crippen molar-refractivity contribution in [1.82, 2.24) is 20.2 Å². The summed E-state index contributed by atoms with van der Waals surface area (Å²) in [5.74, 6) is 0.573. The Morgan fingerprint density at radius 3 is 2.70 bits per heavy atom. The molecule has 8 heteroatoms. The lowest BCUT2D eigenvalue weighted by molar-refractivity contribution is 0.221. The van der Waals surface area contributed by atoms with E-state index in [1.165, 1.54) is 17.7 Å². The van der Waals surface area contributed by atoms with Gasteiger partial charge in [-0.2, -0.15) is 5.26 Å². The van der Waals surface area contributed by atoms with Crippen molar-refractivity contribution < 1.29 is 5.11 Å². The molecular formula is C19H12ClN5OS. The molecule has 0 aliphatic rings. The van der Waals surface area contributed by atoms with Crippen LogP contribution in [0.1, 0.15) is 22.9 Å². The molecule has 0 amide bonds. The van der Waals surface area contributed by atoms with E-state index >= 15 is 0 Å². The fourth-order valence-corrected chi connectivity index (χ4v) is 3.98. The normalized spacial score (nSPS) is 11.9. The number of hydrogen-bond donors (Lipinski definition) is 2. The van der Waals surface area contributed by atoms with Gasteiger partial charge in [0, 0.05) is 21.7 Å². The molecule has 0 saturated carbocycles. The molecule has 132 valence electrons. The van der Waals surface area contributed by atoms with Gasteiger partial charge in [0.05, 0.1) is 4.88 Å². The summed E-state index contributed by atoms with van der Waals surface area (Å²) in [7, 11) is 0. The first-order chi connectivity index (χ1) is 13.2. The number of rotatable bonds is 4. The lowest BCUT2D eigenvalue weighted by Gasteiger charge is -2.11. The number of aromatic nitrogens is 4. The van der Waals surface area contributed by atoms with E-state index in [0.29, 0.717) is 22.1 Å². The van der Waals surface area contributed by atoms with Gasteiger partial charge >= 0.3 is 0 Å². The van der Waals surface area contributed by atoms with Crippen molar-refractivity contribution in [3.63, 3.8) is 0 Å². The minimum Gasteiger partial charge on any atom is -0.384 e. The molecular weight excluding hydrogens is 382 g/mol. The maximum atomic E-state index is 11.0. The maximum Gasteiger partial charge on any atom is 0.171 e. The van der Waals surface area contributed by atoms with Gasteiger partial charge in [-0.15, -0.1) is 21.5 Å². The van der Waals surface area contributed by atoms with Gasteiger partial charge in [-0.05, 0) is 41.5 Å². The van der Waals surface area contributed by atoms with Crippen molar-refractivity contribution in [2.24, 2.45) is 0 Å². The van der Waals surface area contributed by atoms with Gasteiger partial charge in [-0.25, -0.2) is 4.98 Å². The van der Waals surface area contributed by atoms with Crippen LogP contribution in [0.2, 0.25) is 5.02 Å². The summed E-state index contributed by atoms with van der Waals surface area (Å²) in [6, 6.07) is 14.5. The van der Waals surface area contributed by atoms with Crippen LogP contribution in [0.15, 0.2) is 55.0 Å². The quantitative estimate of drug-likeness (QED) is 0.541. The number of nitrogens with one attached hydrogen (secondary N) is 1. The molecule has 3 heterocycles. The Balaban J connectivity index is 1.83. The average Bonchev–Trinajstić information content (AvgIpc) is 3.38. The molecule has 0 saturated heterocycles. The molecule has 1 aromatic carbocycles. The third-order valence-corrected chi connectivity index (χ3v) is 5.49. The van der Waals surface area contributed by atoms with Gasteiger partial charge in [0.25, 0.3) is 0 Å². The zero-order chi connectivity index (χ0) is 18.8. The van der Waals surface area contributed by atoms with Crippen molar-refractivity contribution >= 4 is 22.9 Å². The molecule has 0 unspecified atom stereocenters. The van der Waals surface area contributed by atoms with E-state index in [1.54, 1.807) is 36.5 Å². The number of pyridine rings is 1. The van der Waals surface area contributed by atoms with E-state index in [4.69, 9.17) is 16.9 Å². The Morgan fingerprint density at radius 2 is 2.00 bits per heavy atom. The highest BCUT2D eigenvalue weighted by Crippen LogP contribution is 2.41. The summed E-state index contributed by atoms with van der Waals surface area (Å²) >= 11 is 7.41. The minimum atomic E-state index is -0.857. The predicted octanol–water partition coefficient (Wildman–Crippen LogP) is 4.20. The van der Waals surface area contributed by atoms with Crippen LogP contribution in [0.4, 0.5) is 0 Å². The highest BCUT2D eigenvalue weighted by Gasteiger charge is 2.22. The second-order valence-electron chi connectivity index (χ2n) is 5.73. The molecule has 0 aliphatic carbocycles. The largest absolute Gasteiger partial charge is 0.384 e. The fraction of sp³-hybridized carbons (Fsp3) is 0.0526. The second kappa shape index (κ2) is 7.29. The van der Waals surface area contributed by atoms with Crippen LogP contribution in [-0.2, 0) is 0 Å². The Hall–Kier alpha value is -3.05. The average molecular weight is 394 g/mol. The van der Waals surface area contributed by atoms with Crippen LogP contribution in [0.25, 0.3) is 21.1 Å². The molecule has 4 rings (SSSR count). The third-order valence-electron chi connectivity index (χ3n) is 4.03. The molecule has 6 nitrogen and oxygen atoms in total. The lowest BCUT2D eigenvalue weighted by Crippen LogP contribution is -2.00. The molecule has 2 N–H and O–H groups in total. The molecule has 3 aromatic heterocycles. The van der Waals surface area contributed by atoms with Crippen molar-refractivity contribution in [2.45, 2.75) is 6.10 Å². The number of hydrogen-bond acceptors (Lipinski definition) is 6. The zero-order valence-electron chi connectivity index (χ0n) is 13.8. The first-order valence-corrected chi connectivity index (χ1v) is 9.15. The van der Waals surface area contributed by atoms with Gasteiger partial charge in [0.15, 0.2) is 5.82 Å². The standard InChI is InChI=1S/C19H12ClN5OS/c20-13-3-1-11(2-4-13)17(26)15-8-16(12-5-6-22-14(7-12)9-21)27-18(15)19-23-10-24-25-19/h1-8,10,17,26H,(H,23,24,25)/t17-/m0/s1. The molecule has 0 fully saturated rings. The van der Waals surface area contributed by atoms with E-state index in [0.717, 1.165) is 20.9 Å². The molecule has 0 radical (unpaired) electrons. The number of aliphatic hydroxyl groups excluding tert-OH is 1. The number of nitrogens with zero attached hydrogens (tertiary/aromatic N) is 4. The fourth-order valence-electron chi connectivity index (χ4n) is 2.72. The Bertz CT molecular complexity index is 1120. The number of benzene rings is 1. The first-order valence-electron chi connectivity index (χ1n) is 7.96. The lowest BCUT2D eigenvalue weighted by atomic mass is 10.0. The van der Waals surface area contributed by atoms with E-state index in [1.807, 2.05) is 18.2 Å². The van der Waals surface area contributed by atoms with Crippen LogP contribution in [0.3, 0.4) is 0 Å². The van der Waals surface area contributed by atoms with E-state index < -0.39 is 6.10 Å². The number of halogens is 1. The van der Waals surface area contributed by atoms with E-state index in [9.17, 15) is 5.11 Å². The molecule has 0 bridgehead atoms. The van der Waals surface area contributed by atoms with Gasteiger partial charge < -0.3 is 10.1 Å². The Labute approximate surface area is 163 Å². The van der Waals surface area contributed by atoms with Crippen molar-refractivity contribution in [2.75, 3.05) is 0 Å². The van der Waals surface area contributed by atoms with Gasteiger partial charge in [-0.1, -0.05) is 23.7 Å². The number of aromatic amines is 1. The summed E-state index contributed by atoms with van der Waals surface area (Å²) in [4.78, 5) is 8.66. The van der Waals surface area contributed by atoms with E-state index in [2.05, 4.69) is 20.2 Å². The zero-order valence-corrected chi connectivity index (χ0v) is 15.4. The van der Waals surface area contributed by atoms with Crippen molar-refractivity contribution in [1.29, 1.82) is 5.26 Å². The number of nitriles is 1. The van der Waals surface area contributed by atoms with Crippen LogP contribution in [0.5, 0.6) is 0 Å². The first kappa shape index (κ1) is 17.4. The predicted molar refractivity (Wildman–Crippen MR) is 103 cm³/mol. The van der Waals surface area contributed by atoms with E-state index in [-0.39, 0.29) is 0 Å². The molecule has 27 heavy (non-hydrogen) atoms. The summed E-state index contributed by atoms with van der Waals surface area (Å²) in [6.45, 7) is 0. The summed E-state index contributed by atoms with van der Waals surface area (Å²) in [5.41, 5.74) is 2.60. The number of aliphatic hydroxyl groups is 1. The SMILES string of the molecule is N#Cc1cc(-c2cc([C@@H](O)c3ccc(Cl)cc3)c(-c3nnc[nH]3)s2)ccn1. The second-order valence-corrected chi connectivity index (χ2v) is 7.22. The topological polar surface area (TPSA) is 98.5 Å². The van der Waals surface area contributed by atoms with Crippen LogP contribution >= 0.6 is 22.9 Å². The molecule has 0 aliphatic heterocycles. The van der Waals surface area contributed by atoms with Crippen LogP contribution < -0.4 is 0 Å². The van der Waals surface area contributed by atoms with Crippen LogP contribution in [-0.4, -0.2) is 25.3 Å². The van der Waals surface area contributed by atoms with Crippen molar-refractivity contribution in [3.05, 3.63) is 76.8 Å². The number of H-pyrrole nitrogens is 1. The van der Waals surface area contributed by atoms with Gasteiger partial charge in [-0.3, -0.25) is 0 Å². The molecule has 0 spiro atoms. The highest BCUT2D eigenvalue weighted by molar-refractivity contribution is 7.19. The Morgan fingerprint density at radius 1 is 1.19 bits per heavy atom. The van der Waals surface area contributed by atoms with Crippen LogP contribution in [0, 0.1) is 11.3 Å². The van der Waals surface area contributed by atoms with Crippen molar-refractivity contribution in [3.8, 4) is 27.2 Å². The van der Waals surface area contributed by atoms with Gasteiger partial charge in [0.2, 0.25) is 0 Å². The third kappa shape index (κ3) is 3.46. The summed E-state index contributed by atoms with van der Waals surface area (Å²) in [6.07, 6.45) is 2.23. The minimum absolute atomic E-state index is 0.335. The smallest absolute Gasteiger partial charge is 0.171 e. The maximum absolute atomic E-state index is 11.0. The molecule has 4 aromatic rings. The monoisotopic (exact) mass is 393 g/mol. The molecule has 1 atom stereocenters. The Kier molecular flexibility index (Phi) is 4.69. The van der Waals surface area contributed by atoms with Gasteiger partial charge in [0.1, 0.15) is 24.2 Å². The summed E-state index contributed by atoms with van der Waals surface area (Å²) in [5, 5.41) is 28.6. The number of thiophene rings is 1. The summed E-state index contributed by atoms with van der Waals surface area (Å²) < 4.78 is 0.